The van der Waals surface area contributed by atoms with E-state index in [4.69, 9.17) is 9.72 Å². The van der Waals surface area contributed by atoms with E-state index in [9.17, 15) is 0 Å². The van der Waals surface area contributed by atoms with Gasteiger partial charge in [-0.25, -0.2) is 9.97 Å². The molecule has 0 N–H and O–H groups in total. The van der Waals surface area contributed by atoms with Gasteiger partial charge in [-0.05, 0) is 51.1 Å². The van der Waals surface area contributed by atoms with Crippen molar-refractivity contribution in [2.75, 3.05) is 18.1 Å². The van der Waals surface area contributed by atoms with Crippen LogP contribution in [0.5, 0.6) is 0 Å². The topological polar surface area (TPSA) is 43.2 Å². The van der Waals surface area contributed by atoms with E-state index in [-0.39, 0.29) is 0 Å². The van der Waals surface area contributed by atoms with E-state index in [1.165, 1.54) is 19.3 Å². The maximum Gasteiger partial charge on any atom is 0.187 e. The summed E-state index contributed by atoms with van der Waals surface area (Å²) in [6, 6.07) is 0.496. The smallest absolute Gasteiger partial charge is 0.187 e. The molecule has 0 amide bonds. The number of aromatic nitrogens is 3. The summed E-state index contributed by atoms with van der Waals surface area (Å²) in [5, 5.41) is 3.16. The standard InChI is InChI=1S/C13H14Br2N4OS/c14-10-6-19(12(15)16-10)11-7-21-13(17-11)18-4-5-20-9-3-1-2-8(9)18/h6-9H,1-5H2. The highest BCUT2D eigenvalue weighted by atomic mass is 79.9. The van der Waals surface area contributed by atoms with Gasteiger partial charge < -0.3 is 9.64 Å². The van der Waals surface area contributed by atoms with Crippen molar-refractivity contribution in [2.45, 2.75) is 31.4 Å². The zero-order valence-corrected chi connectivity index (χ0v) is 15.2. The fourth-order valence-corrected chi connectivity index (χ4v) is 5.12. The number of halogens is 2. The van der Waals surface area contributed by atoms with E-state index in [0.717, 1.165) is 33.4 Å². The van der Waals surface area contributed by atoms with Crippen molar-refractivity contribution in [3.8, 4) is 5.82 Å². The minimum Gasteiger partial charge on any atom is -0.374 e. The van der Waals surface area contributed by atoms with E-state index in [2.05, 4.69) is 47.1 Å². The van der Waals surface area contributed by atoms with Gasteiger partial charge in [-0.3, -0.25) is 4.57 Å². The van der Waals surface area contributed by atoms with Crippen molar-refractivity contribution in [3.63, 3.8) is 0 Å². The first-order valence-electron chi connectivity index (χ1n) is 6.97. The molecular weight excluding hydrogens is 420 g/mol. The van der Waals surface area contributed by atoms with Crippen LogP contribution in [0, 0.1) is 0 Å². The lowest BCUT2D eigenvalue weighted by Gasteiger charge is -2.37. The first-order valence-corrected chi connectivity index (χ1v) is 9.43. The summed E-state index contributed by atoms with van der Waals surface area (Å²) in [7, 11) is 0. The van der Waals surface area contributed by atoms with E-state index in [0.29, 0.717) is 12.1 Å². The lowest BCUT2D eigenvalue weighted by molar-refractivity contribution is 0.0256. The highest BCUT2D eigenvalue weighted by Crippen LogP contribution is 2.35. The number of anilines is 1. The van der Waals surface area contributed by atoms with E-state index < -0.39 is 0 Å². The average Bonchev–Trinajstić information content (AvgIpc) is 3.17. The Labute approximate surface area is 143 Å². The molecular formula is C13H14Br2N4OS. The number of ether oxygens (including phenoxy) is 1. The molecule has 1 aliphatic carbocycles. The number of thiazole rings is 1. The number of imidazole rings is 1. The molecule has 112 valence electrons. The molecule has 1 aliphatic heterocycles. The molecule has 2 aromatic heterocycles. The largest absolute Gasteiger partial charge is 0.374 e. The summed E-state index contributed by atoms with van der Waals surface area (Å²) >= 11 is 8.54. The summed E-state index contributed by atoms with van der Waals surface area (Å²) in [6.45, 7) is 1.74. The third-order valence-corrected chi connectivity index (χ3v) is 5.89. The van der Waals surface area contributed by atoms with Crippen LogP contribution in [-0.4, -0.2) is 39.8 Å². The molecule has 2 aromatic rings. The molecule has 1 saturated carbocycles. The van der Waals surface area contributed by atoms with Gasteiger partial charge in [-0.2, -0.15) is 0 Å². The number of hydrogen-bond donors (Lipinski definition) is 0. The van der Waals surface area contributed by atoms with Gasteiger partial charge >= 0.3 is 0 Å². The van der Waals surface area contributed by atoms with Crippen LogP contribution >= 0.6 is 43.2 Å². The number of fused-ring (bicyclic) bond motifs is 1. The molecule has 2 aliphatic rings. The number of nitrogens with zero attached hydrogens (tertiary/aromatic N) is 4. The molecule has 2 unspecified atom stereocenters. The van der Waals surface area contributed by atoms with Crippen molar-refractivity contribution in [1.82, 2.24) is 14.5 Å². The predicted molar refractivity (Wildman–Crippen MR) is 89.4 cm³/mol. The molecule has 5 nitrogen and oxygen atoms in total. The van der Waals surface area contributed by atoms with Crippen LogP contribution in [0.2, 0.25) is 0 Å². The summed E-state index contributed by atoms with van der Waals surface area (Å²) in [4.78, 5) is 11.5. The van der Waals surface area contributed by atoms with Crippen molar-refractivity contribution >= 4 is 48.3 Å². The molecule has 2 fully saturated rings. The number of hydrogen-bond acceptors (Lipinski definition) is 5. The summed E-state index contributed by atoms with van der Waals surface area (Å²) in [5.74, 6) is 0.904. The molecule has 2 atom stereocenters. The monoisotopic (exact) mass is 432 g/mol. The van der Waals surface area contributed by atoms with Crippen LogP contribution in [0.4, 0.5) is 5.13 Å². The van der Waals surface area contributed by atoms with Crippen LogP contribution in [0.25, 0.3) is 5.82 Å². The SMILES string of the molecule is Brc1cn(-c2csc(N3CCOC4CCCC43)n2)c(Br)n1. The Balaban J connectivity index is 1.63. The molecule has 0 radical (unpaired) electrons. The number of rotatable bonds is 2. The second-order valence-electron chi connectivity index (χ2n) is 5.29. The zero-order valence-electron chi connectivity index (χ0n) is 11.2. The van der Waals surface area contributed by atoms with Crippen LogP contribution in [0.3, 0.4) is 0 Å². The Morgan fingerprint density at radius 1 is 1.29 bits per heavy atom. The Bertz CT molecular complexity index is 658. The van der Waals surface area contributed by atoms with Crippen LogP contribution in [0.15, 0.2) is 20.9 Å². The van der Waals surface area contributed by atoms with Crippen LogP contribution in [-0.2, 0) is 4.74 Å². The van der Waals surface area contributed by atoms with E-state index in [1.807, 2.05) is 10.8 Å². The van der Waals surface area contributed by atoms with Gasteiger partial charge in [-0.15, -0.1) is 11.3 Å². The van der Waals surface area contributed by atoms with Crippen molar-refractivity contribution in [1.29, 1.82) is 0 Å². The average molecular weight is 434 g/mol. The quantitative estimate of drug-likeness (QED) is 0.725. The normalized spacial score (nSPS) is 25.3. The maximum atomic E-state index is 5.87. The Morgan fingerprint density at radius 3 is 3.00 bits per heavy atom. The molecule has 1 saturated heterocycles. The van der Waals surface area contributed by atoms with Gasteiger partial charge in [0.25, 0.3) is 0 Å². The second-order valence-corrected chi connectivity index (χ2v) is 7.65. The molecule has 21 heavy (non-hydrogen) atoms. The molecule has 3 heterocycles. The summed E-state index contributed by atoms with van der Waals surface area (Å²) < 4.78 is 9.37. The molecule has 8 heteroatoms. The minimum atomic E-state index is 0.389. The van der Waals surface area contributed by atoms with Gasteiger partial charge in [0.15, 0.2) is 15.7 Å². The molecule has 4 rings (SSSR count). The number of morpholine rings is 1. The highest BCUT2D eigenvalue weighted by Gasteiger charge is 2.37. The third kappa shape index (κ3) is 2.56. The first-order chi connectivity index (χ1) is 10.2. The molecule has 0 bridgehead atoms. The lowest BCUT2D eigenvalue weighted by atomic mass is 10.1. The second kappa shape index (κ2) is 5.64. The first kappa shape index (κ1) is 14.2. The van der Waals surface area contributed by atoms with Crippen molar-refractivity contribution < 1.29 is 4.74 Å². The Kier molecular flexibility index (Phi) is 3.81. The van der Waals surface area contributed by atoms with Gasteiger partial charge in [0.05, 0.1) is 18.8 Å². The Hall–Kier alpha value is -0.440. The predicted octanol–water partition coefficient (Wildman–Crippen LogP) is 3.61. The summed E-state index contributed by atoms with van der Waals surface area (Å²) in [5.41, 5.74) is 0. The van der Waals surface area contributed by atoms with E-state index in [1.54, 1.807) is 11.3 Å². The van der Waals surface area contributed by atoms with Crippen LogP contribution in [0.1, 0.15) is 19.3 Å². The molecule has 0 spiro atoms. The van der Waals surface area contributed by atoms with Gasteiger partial charge in [0.2, 0.25) is 0 Å². The maximum absolute atomic E-state index is 5.87. The fraction of sp³-hybridized carbons (Fsp3) is 0.538. The van der Waals surface area contributed by atoms with Gasteiger partial charge in [-0.1, -0.05) is 0 Å². The van der Waals surface area contributed by atoms with Crippen molar-refractivity contribution in [3.05, 3.63) is 20.9 Å². The third-order valence-electron chi connectivity index (χ3n) is 4.09. The van der Waals surface area contributed by atoms with Gasteiger partial charge in [0, 0.05) is 18.1 Å². The Morgan fingerprint density at radius 2 is 2.19 bits per heavy atom. The summed E-state index contributed by atoms with van der Waals surface area (Å²) in [6.07, 6.45) is 5.95. The van der Waals surface area contributed by atoms with Crippen molar-refractivity contribution in [2.24, 2.45) is 0 Å². The molecule has 0 aromatic carbocycles. The van der Waals surface area contributed by atoms with Crippen LogP contribution < -0.4 is 4.90 Å². The zero-order chi connectivity index (χ0) is 14.4. The fourth-order valence-electron chi connectivity index (χ4n) is 3.15. The van der Waals surface area contributed by atoms with E-state index >= 15 is 0 Å². The minimum absolute atomic E-state index is 0.389. The lowest BCUT2D eigenvalue weighted by Crippen LogP contribution is -2.48. The van der Waals surface area contributed by atoms with Gasteiger partial charge in [0.1, 0.15) is 4.60 Å². The highest BCUT2D eigenvalue weighted by molar-refractivity contribution is 9.11.